The summed E-state index contributed by atoms with van der Waals surface area (Å²) in [5.41, 5.74) is 6.02. The highest BCUT2D eigenvalue weighted by atomic mass is 32.1. The van der Waals surface area contributed by atoms with Gasteiger partial charge in [-0.1, -0.05) is 20.8 Å². The van der Waals surface area contributed by atoms with Gasteiger partial charge in [0, 0.05) is 22.3 Å². The summed E-state index contributed by atoms with van der Waals surface area (Å²) in [6, 6.07) is 4.95. The summed E-state index contributed by atoms with van der Waals surface area (Å²) >= 11 is 1.90. The topological polar surface area (TPSA) is 29.3 Å². The lowest BCUT2D eigenvalue weighted by molar-refractivity contribution is 0.149. The Hall–Kier alpha value is -0.380. The normalized spacial score (nSPS) is 14.3. The summed E-state index contributed by atoms with van der Waals surface area (Å²) in [5, 5.41) is 0. The summed E-state index contributed by atoms with van der Waals surface area (Å²) in [6.07, 6.45) is 0. The SMILES string of the molecule is CCN(CC(C)(C)CN)C(C)c1ccc(C)s1. The Kier molecular flexibility index (Phi) is 5.17. The van der Waals surface area contributed by atoms with Gasteiger partial charge in [-0.25, -0.2) is 0 Å². The molecule has 1 aromatic heterocycles. The first-order valence-corrected chi connectivity index (χ1v) is 7.21. The molecule has 1 atom stereocenters. The zero-order chi connectivity index (χ0) is 13.1. The Morgan fingerprint density at radius 2 is 2.06 bits per heavy atom. The van der Waals surface area contributed by atoms with Crippen LogP contribution in [0.2, 0.25) is 0 Å². The largest absolute Gasteiger partial charge is 0.330 e. The second-order valence-corrected chi connectivity index (χ2v) is 6.88. The van der Waals surface area contributed by atoms with E-state index in [0.29, 0.717) is 6.04 Å². The van der Waals surface area contributed by atoms with Gasteiger partial charge in [0.25, 0.3) is 0 Å². The number of aryl methyl sites for hydroxylation is 1. The average Bonchev–Trinajstić information content (AvgIpc) is 2.72. The van der Waals surface area contributed by atoms with Crippen molar-refractivity contribution in [2.75, 3.05) is 19.6 Å². The van der Waals surface area contributed by atoms with Crippen molar-refractivity contribution in [2.24, 2.45) is 11.1 Å². The quantitative estimate of drug-likeness (QED) is 0.843. The first-order chi connectivity index (χ1) is 7.89. The Labute approximate surface area is 110 Å². The van der Waals surface area contributed by atoms with Gasteiger partial charge < -0.3 is 5.73 Å². The molecule has 0 radical (unpaired) electrons. The van der Waals surface area contributed by atoms with Crippen molar-refractivity contribution in [3.63, 3.8) is 0 Å². The highest BCUT2D eigenvalue weighted by Crippen LogP contribution is 2.29. The molecule has 2 nitrogen and oxygen atoms in total. The molecule has 0 saturated heterocycles. The molecule has 1 unspecified atom stereocenters. The van der Waals surface area contributed by atoms with Crippen molar-refractivity contribution in [1.82, 2.24) is 4.90 Å². The molecule has 98 valence electrons. The minimum atomic E-state index is 0.191. The number of nitrogens with two attached hydrogens (primary N) is 1. The predicted molar refractivity (Wildman–Crippen MR) is 77.6 cm³/mol. The molecule has 3 heteroatoms. The maximum atomic E-state index is 5.83. The molecule has 0 aliphatic heterocycles. The van der Waals surface area contributed by atoms with Crippen molar-refractivity contribution in [2.45, 2.75) is 40.7 Å². The fraction of sp³-hybridized carbons (Fsp3) is 0.714. The summed E-state index contributed by atoms with van der Waals surface area (Å²) in [7, 11) is 0. The van der Waals surface area contributed by atoms with E-state index in [-0.39, 0.29) is 5.41 Å². The fourth-order valence-electron chi connectivity index (χ4n) is 1.99. The van der Waals surface area contributed by atoms with Gasteiger partial charge >= 0.3 is 0 Å². The Balaban J connectivity index is 2.74. The van der Waals surface area contributed by atoms with Gasteiger partial charge in [0.2, 0.25) is 0 Å². The molecule has 2 N–H and O–H groups in total. The first kappa shape index (κ1) is 14.7. The first-order valence-electron chi connectivity index (χ1n) is 6.40. The third-order valence-corrected chi connectivity index (χ3v) is 4.48. The highest BCUT2D eigenvalue weighted by Gasteiger charge is 2.23. The maximum Gasteiger partial charge on any atom is 0.0413 e. The molecule has 0 bridgehead atoms. The van der Waals surface area contributed by atoms with Gasteiger partial charge in [-0.15, -0.1) is 11.3 Å². The fourth-order valence-corrected chi connectivity index (χ4v) is 2.96. The van der Waals surface area contributed by atoms with Gasteiger partial charge in [0.1, 0.15) is 0 Å². The van der Waals surface area contributed by atoms with Crippen LogP contribution < -0.4 is 5.73 Å². The molecule has 0 spiro atoms. The second kappa shape index (κ2) is 5.98. The molecule has 1 rings (SSSR count). The zero-order valence-electron chi connectivity index (χ0n) is 11.8. The number of nitrogens with zero attached hydrogens (tertiary/aromatic N) is 1. The predicted octanol–water partition coefficient (Wildman–Crippen LogP) is 3.42. The van der Waals surface area contributed by atoms with Crippen molar-refractivity contribution in [3.05, 3.63) is 21.9 Å². The molecule has 1 heterocycles. The molecule has 0 aromatic carbocycles. The van der Waals surface area contributed by atoms with Gasteiger partial charge in [-0.2, -0.15) is 0 Å². The van der Waals surface area contributed by atoms with E-state index in [4.69, 9.17) is 5.73 Å². The van der Waals surface area contributed by atoms with Crippen LogP contribution in [0, 0.1) is 12.3 Å². The molecular weight excluding hydrogens is 228 g/mol. The van der Waals surface area contributed by atoms with Crippen molar-refractivity contribution in [1.29, 1.82) is 0 Å². The third kappa shape index (κ3) is 4.09. The Morgan fingerprint density at radius 3 is 2.47 bits per heavy atom. The number of rotatable bonds is 6. The molecule has 0 amide bonds. The van der Waals surface area contributed by atoms with Crippen LogP contribution in [0.1, 0.15) is 43.5 Å². The highest BCUT2D eigenvalue weighted by molar-refractivity contribution is 7.12. The molecule has 0 aliphatic carbocycles. The monoisotopic (exact) mass is 254 g/mol. The van der Waals surface area contributed by atoms with E-state index in [0.717, 1.165) is 19.6 Å². The van der Waals surface area contributed by atoms with Crippen LogP contribution in [0.15, 0.2) is 12.1 Å². The lowest BCUT2D eigenvalue weighted by atomic mass is 9.92. The standard InChI is InChI=1S/C14H26N2S/c1-6-16(10-14(4,5)9-15)12(3)13-8-7-11(2)17-13/h7-8,12H,6,9-10,15H2,1-5H3. The van der Waals surface area contributed by atoms with E-state index < -0.39 is 0 Å². The molecule has 17 heavy (non-hydrogen) atoms. The molecule has 0 aliphatic rings. The van der Waals surface area contributed by atoms with E-state index in [9.17, 15) is 0 Å². The summed E-state index contributed by atoms with van der Waals surface area (Å²) < 4.78 is 0. The van der Waals surface area contributed by atoms with Crippen LogP contribution in [0.4, 0.5) is 0 Å². The van der Waals surface area contributed by atoms with Crippen LogP contribution >= 0.6 is 11.3 Å². The van der Waals surface area contributed by atoms with Crippen LogP contribution in [0.25, 0.3) is 0 Å². The van der Waals surface area contributed by atoms with E-state index in [2.05, 4.69) is 51.7 Å². The van der Waals surface area contributed by atoms with E-state index in [1.165, 1.54) is 9.75 Å². The molecule has 1 aromatic rings. The Bertz CT molecular complexity index is 344. The van der Waals surface area contributed by atoms with Crippen LogP contribution in [-0.4, -0.2) is 24.5 Å². The zero-order valence-corrected chi connectivity index (χ0v) is 12.6. The lowest BCUT2D eigenvalue weighted by Crippen LogP contribution is -2.39. The van der Waals surface area contributed by atoms with Crippen LogP contribution in [0.3, 0.4) is 0 Å². The third-order valence-electron chi connectivity index (χ3n) is 3.31. The minimum Gasteiger partial charge on any atom is -0.330 e. The van der Waals surface area contributed by atoms with Gasteiger partial charge in [0.05, 0.1) is 0 Å². The second-order valence-electron chi connectivity index (χ2n) is 5.56. The summed E-state index contributed by atoms with van der Waals surface area (Å²) in [5.74, 6) is 0. The molecule has 0 fully saturated rings. The van der Waals surface area contributed by atoms with Crippen molar-refractivity contribution >= 4 is 11.3 Å². The molecule has 0 saturated carbocycles. The van der Waals surface area contributed by atoms with Gasteiger partial charge in [0.15, 0.2) is 0 Å². The minimum absolute atomic E-state index is 0.191. The van der Waals surface area contributed by atoms with E-state index in [1.807, 2.05) is 11.3 Å². The van der Waals surface area contributed by atoms with Gasteiger partial charge in [-0.05, 0) is 44.5 Å². The van der Waals surface area contributed by atoms with Crippen LogP contribution in [0.5, 0.6) is 0 Å². The number of hydrogen-bond acceptors (Lipinski definition) is 3. The van der Waals surface area contributed by atoms with E-state index in [1.54, 1.807) is 0 Å². The number of hydrogen-bond donors (Lipinski definition) is 1. The summed E-state index contributed by atoms with van der Waals surface area (Å²) in [4.78, 5) is 5.36. The average molecular weight is 254 g/mol. The van der Waals surface area contributed by atoms with Gasteiger partial charge in [-0.3, -0.25) is 4.90 Å². The number of thiophene rings is 1. The maximum absolute atomic E-state index is 5.83. The van der Waals surface area contributed by atoms with Crippen molar-refractivity contribution < 1.29 is 0 Å². The van der Waals surface area contributed by atoms with E-state index >= 15 is 0 Å². The lowest BCUT2D eigenvalue weighted by Gasteiger charge is -2.34. The van der Waals surface area contributed by atoms with Crippen molar-refractivity contribution in [3.8, 4) is 0 Å². The summed E-state index contributed by atoms with van der Waals surface area (Å²) in [6.45, 7) is 14.0. The molecular formula is C14H26N2S. The van der Waals surface area contributed by atoms with Crippen LogP contribution in [-0.2, 0) is 0 Å². The Morgan fingerprint density at radius 1 is 1.41 bits per heavy atom. The smallest absolute Gasteiger partial charge is 0.0413 e.